The van der Waals surface area contributed by atoms with Gasteiger partial charge >= 0.3 is 0 Å². The molecule has 0 unspecified atom stereocenters. The number of nitrogens with zero attached hydrogens (tertiary/aromatic N) is 3. The van der Waals surface area contributed by atoms with Crippen LogP contribution in [0.25, 0.3) is 11.1 Å². The van der Waals surface area contributed by atoms with Gasteiger partial charge in [-0.15, -0.1) is 0 Å². The summed E-state index contributed by atoms with van der Waals surface area (Å²) in [4.78, 5) is 20.3. The summed E-state index contributed by atoms with van der Waals surface area (Å²) in [5.74, 6) is 0.776. The summed E-state index contributed by atoms with van der Waals surface area (Å²) in [6, 6.07) is 9.57. The first kappa shape index (κ1) is 30.9. The lowest BCUT2D eigenvalue weighted by Crippen LogP contribution is -2.40. The standard InChI is InChI=1S/C32H39FN4O5S/c1-5-6-13-29-34-32(15-9-10-16-32)31(38)37(29)20-24-18-23(14-17-41-4)26(19-27(24)33)25-11-7-8-12-28(25)43(39,40)36-30-21(2)22(3)42-35-30/h7-8,11-12,18-19H,5-6,9-10,13-17,20H2,1-4H3,(H,35,36). The normalized spacial score (nSPS) is 16.3. The van der Waals surface area contributed by atoms with Crippen LogP contribution in [0.5, 0.6) is 0 Å². The quantitative estimate of drug-likeness (QED) is 0.256. The Morgan fingerprint density at radius 3 is 2.51 bits per heavy atom. The lowest BCUT2D eigenvalue weighted by atomic mass is 9.94. The fraction of sp³-hybridized carbons (Fsp3) is 0.469. The predicted molar refractivity (Wildman–Crippen MR) is 163 cm³/mol. The van der Waals surface area contributed by atoms with E-state index in [1.807, 2.05) is 0 Å². The number of benzene rings is 2. The Morgan fingerprint density at radius 1 is 1.09 bits per heavy atom. The summed E-state index contributed by atoms with van der Waals surface area (Å²) >= 11 is 0. The summed E-state index contributed by atoms with van der Waals surface area (Å²) in [6.07, 6.45) is 6.32. The van der Waals surface area contributed by atoms with Crippen LogP contribution in [0.15, 0.2) is 50.8 Å². The number of aromatic nitrogens is 1. The molecule has 1 aromatic heterocycles. The van der Waals surface area contributed by atoms with Crippen molar-refractivity contribution in [2.24, 2.45) is 4.99 Å². The molecule has 5 rings (SSSR count). The lowest BCUT2D eigenvalue weighted by Gasteiger charge is -2.24. The molecule has 1 aliphatic heterocycles. The van der Waals surface area contributed by atoms with Gasteiger partial charge in [0.25, 0.3) is 15.9 Å². The van der Waals surface area contributed by atoms with Gasteiger partial charge in [0, 0.05) is 30.2 Å². The van der Waals surface area contributed by atoms with Gasteiger partial charge in [-0.2, -0.15) is 0 Å². The third-order valence-corrected chi connectivity index (χ3v) is 9.91. The van der Waals surface area contributed by atoms with Crippen LogP contribution in [0.4, 0.5) is 10.2 Å². The highest BCUT2D eigenvalue weighted by Gasteiger charge is 2.49. The Hall–Kier alpha value is -3.57. The number of anilines is 1. The molecule has 230 valence electrons. The highest BCUT2D eigenvalue weighted by Crippen LogP contribution is 2.41. The molecule has 2 aliphatic rings. The zero-order valence-electron chi connectivity index (χ0n) is 25.2. The third kappa shape index (κ3) is 6.10. The van der Waals surface area contributed by atoms with Gasteiger partial charge in [-0.3, -0.25) is 19.4 Å². The van der Waals surface area contributed by atoms with E-state index in [2.05, 4.69) is 16.8 Å². The van der Waals surface area contributed by atoms with E-state index in [1.54, 1.807) is 50.1 Å². The van der Waals surface area contributed by atoms with Crippen molar-refractivity contribution in [3.05, 3.63) is 64.7 Å². The van der Waals surface area contributed by atoms with E-state index in [0.717, 1.165) is 44.4 Å². The van der Waals surface area contributed by atoms with Gasteiger partial charge in [0.05, 0.1) is 18.0 Å². The maximum atomic E-state index is 16.0. The number of rotatable bonds is 12. The van der Waals surface area contributed by atoms with Gasteiger partial charge in [0.2, 0.25) is 0 Å². The van der Waals surface area contributed by atoms with E-state index >= 15 is 4.39 Å². The first-order valence-electron chi connectivity index (χ1n) is 14.9. The smallest absolute Gasteiger partial charge is 0.263 e. The van der Waals surface area contributed by atoms with E-state index in [1.165, 1.54) is 12.1 Å². The fourth-order valence-electron chi connectivity index (χ4n) is 5.95. The van der Waals surface area contributed by atoms with Crippen molar-refractivity contribution < 1.29 is 26.9 Å². The van der Waals surface area contributed by atoms with Gasteiger partial charge in [0.15, 0.2) is 5.82 Å². The molecule has 43 heavy (non-hydrogen) atoms. The summed E-state index contributed by atoms with van der Waals surface area (Å²) in [5, 5.41) is 3.83. The van der Waals surface area contributed by atoms with Crippen molar-refractivity contribution in [1.82, 2.24) is 10.1 Å². The molecule has 1 fully saturated rings. The number of amides is 1. The second kappa shape index (κ2) is 12.6. The fourth-order valence-corrected chi connectivity index (χ4v) is 7.23. The van der Waals surface area contributed by atoms with Crippen molar-refractivity contribution >= 4 is 27.6 Å². The SMILES string of the molecule is CCCCC1=NC2(CCCC2)C(=O)N1Cc1cc(CCOC)c(-c2ccccc2S(=O)(=O)Nc2noc(C)c2C)cc1F. The average Bonchev–Trinajstić information content (AvgIpc) is 3.67. The number of aliphatic imine (C=N–C) groups is 1. The predicted octanol–water partition coefficient (Wildman–Crippen LogP) is 6.33. The molecule has 1 amide bonds. The van der Waals surface area contributed by atoms with Gasteiger partial charge in [-0.05, 0) is 62.8 Å². The molecule has 1 aliphatic carbocycles. The first-order valence-corrected chi connectivity index (χ1v) is 16.3. The number of aryl methyl sites for hydroxylation is 1. The summed E-state index contributed by atoms with van der Waals surface area (Å²) in [7, 11) is -2.53. The minimum Gasteiger partial charge on any atom is -0.384 e. The average molecular weight is 611 g/mol. The highest BCUT2D eigenvalue weighted by atomic mass is 32.2. The van der Waals surface area contributed by atoms with Crippen molar-refractivity contribution in [3.8, 4) is 11.1 Å². The van der Waals surface area contributed by atoms with Crippen LogP contribution in [0.3, 0.4) is 0 Å². The number of sulfonamides is 1. The van der Waals surface area contributed by atoms with Crippen molar-refractivity contribution in [3.63, 3.8) is 0 Å². The molecule has 0 radical (unpaired) electrons. The van der Waals surface area contributed by atoms with Crippen molar-refractivity contribution in [2.75, 3.05) is 18.4 Å². The Morgan fingerprint density at radius 2 is 1.84 bits per heavy atom. The Balaban J connectivity index is 1.53. The van der Waals surface area contributed by atoms with E-state index in [9.17, 15) is 13.2 Å². The number of halogens is 1. The van der Waals surface area contributed by atoms with Crippen LogP contribution < -0.4 is 4.72 Å². The van der Waals surface area contributed by atoms with Crippen LogP contribution in [0, 0.1) is 19.7 Å². The van der Waals surface area contributed by atoms with Crippen LogP contribution in [-0.2, 0) is 32.5 Å². The van der Waals surface area contributed by atoms with Gasteiger partial charge in [0.1, 0.15) is 23.0 Å². The molecular weight excluding hydrogens is 571 g/mol. The minimum absolute atomic E-state index is 0.0206. The number of ether oxygens (including phenoxy) is 1. The van der Waals surface area contributed by atoms with Gasteiger partial charge in [-0.1, -0.05) is 55.6 Å². The number of carbonyl (C=O) groups excluding carboxylic acids is 1. The van der Waals surface area contributed by atoms with E-state index in [0.29, 0.717) is 53.0 Å². The molecular formula is C32H39FN4O5S. The number of amidine groups is 1. The summed E-state index contributed by atoms with van der Waals surface area (Å²) < 4.78 is 56.1. The number of hydrogen-bond donors (Lipinski definition) is 1. The number of hydrogen-bond acceptors (Lipinski definition) is 7. The van der Waals surface area contributed by atoms with Crippen molar-refractivity contribution in [2.45, 2.75) is 89.1 Å². The molecule has 0 saturated heterocycles. The number of nitrogens with one attached hydrogen (secondary N) is 1. The minimum atomic E-state index is -4.11. The molecule has 2 heterocycles. The zero-order chi connectivity index (χ0) is 30.8. The molecule has 0 bridgehead atoms. The second-order valence-electron chi connectivity index (χ2n) is 11.4. The maximum Gasteiger partial charge on any atom is 0.263 e. The molecule has 9 nitrogen and oxygen atoms in total. The Bertz CT molecular complexity index is 1640. The lowest BCUT2D eigenvalue weighted by molar-refractivity contribution is -0.131. The molecule has 11 heteroatoms. The monoisotopic (exact) mass is 610 g/mol. The molecule has 1 saturated carbocycles. The van der Waals surface area contributed by atoms with Gasteiger partial charge in [-0.25, -0.2) is 12.8 Å². The Kier molecular flexibility index (Phi) is 9.03. The third-order valence-electron chi connectivity index (χ3n) is 8.51. The number of carbonyl (C=O) groups is 1. The van der Waals surface area contributed by atoms with Crippen LogP contribution in [0.1, 0.15) is 74.3 Å². The summed E-state index contributed by atoms with van der Waals surface area (Å²) in [6.45, 7) is 5.92. The maximum absolute atomic E-state index is 16.0. The molecule has 1 spiro atoms. The molecule has 2 aromatic carbocycles. The van der Waals surface area contributed by atoms with Crippen LogP contribution >= 0.6 is 0 Å². The van der Waals surface area contributed by atoms with E-state index < -0.39 is 21.4 Å². The van der Waals surface area contributed by atoms with E-state index in [4.69, 9.17) is 14.3 Å². The molecule has 0 atom stereocenters. The highest BCUT2D eigenvalue weighted by molar-refractivity contribution is 7.92. The zero-order valence-corrected chi connectivity index (χ0v) is 26.0. The van der Waals surface area contributed by atoms with Crippen LogP contribution in [0.2, 0.25) is 0 Å². The largest absolute Gasteiger partial charge is 0.384 e. The molecule has 3 aromatic rings. The Labute approximate surface area is 252 Å². The first-order chi connectivity index (χ1) is 20.6. The molecule has 1 N–H and O–H groups in total. The summed E-state index contributed by atoms with van der Waals surface area (Å²) in [5.41, 5.74) is 1.72. The van der Waals surface area contributed by atoms with E-state index in [-0.39, 0.29) is 23.2 Å². The number of unbranched alkanes of at least 4 members (excludes halogenated alkanes) is 1. The second-order valence-corrected chi connectivity index (χ2v) is 13.1. The topological polar surface area (TPSA) is 114 Å². The van der Waals surface area contributed by atoms with Crippen molar-refractivity contribution in [1.29, 1.82) is 0 Å². The van der Waals surface area contributed by atoms with Gasteiger partial charge < -0.3 is 9.26 Å². The van der Waals surface area contributed by atoms with Crippen LogP contribution in [-0.4, -0.2) is 49.5 Å². The number of methoxy groups -OCH3 is 1.